The maximum absolute atomic E-state index is 11.9. The number of aryl methyl sites for hydroxylation is 2. The zero-order valence-electron chi connectivity index (χ0n) is 14.7. The van der Waals surface area contributed by atoms with Crippen LogP contribution >= 0.6 is 27.5 Å². The van der Waals surface area contributed by atoms with Crippen LogP contribution in [0.15, 0.2) is 34.8 Å². The van der Waals surface area contributed by atoms with Crippen molar-refractivity contribution in [1.82, 2.24) is 0 Å². The number of hydrogen-bond donors (Lipinski definition) is 0. The van der Waals surface area contributed by atoms with Crippen LogP contribution in [0.25, 0.3) is 0 Å². The molecule has 0 aliphatic heterocycles. The van der Waals surface area contributed by atoms with Gasteiger partial charge in [0.25, 0.3) is 0 Å². The number of carbonyl (C=O) groups excluding carboxylic acids is 1. The molecule has 0 spiro atoms. The molecule has 0 aliphatic carbocycles. The van der Waals surface area contributed by atoms with Crippen molar-refractivity contribution in [2.24, 2.45) is 0 Å². The second-order valence-corrected chi connectivity index (χ2v) is 7.04. The summed E-state index contributed by atoms with van der Waals surface area (Å²) in [5, 5.41) is 0.733. The molecule has 0 fully saturated rings. The van der Waals surface area contributed by atoms with Gasteiger partial charge in [0.15, 0.2) is 0 Å². The lowest BCUT2D eigenvalue weighted by atomic mass is 10.1. The lowest BCUT2D eigenvalue weighted by Gasteiger charge is -2.13. The Labute approximate surface area is 162 Å². The maximum atomic E-state index is 11.9. The summed E-state index contributed by atoms with van der Waals surface area (Å²) in [6, 6.07) is 9.48. The van der Waals surface area contributed by atoms with Crippen LogP contribution in [0.1, 0.15) is 36.5 Å². The van der Waals surface area contributed by atoms with Gasteiger partial charge in [-0.05, 0) is 77.5 Å². The Balaban J connectivity index is 1.80. The SMILES string of the molecule is CCc1ccc(OC(=O)CCCOc2cc(C)c(Cl)c(C)c2Br)cc1. The number of rotatable bonds is 7. The summed E-state index contributed by atoms with van der Waals surface area (Å²) in [6.45, 7) is 6.40. The first-order valence-electron chi connectivity index (χ1n) is 8.30. The van der Waals surface area contributed by atoms with E-state index in [-0.39, 0.29) is 5.97 Å². The molecule has 0 bridgehead atoms. The van der Waals surface area contributed by atoms with E-state index in [2.05, 4.69) is 22.9 Å². The fourth-order valence-corrected chi connectivity index (χ4v) is 3.07. The van der Waals surface area contributed by atoms with E-state index in [1.165, 1.54) is 5.56 Å². The number of benzene rings is 2. The minimum atomic E-state index is -0.254. The van der Waals surface area contributed by atoms with E-state index in [1.807, 2.05) is 44.2 Å². The highest BCUT2D eigenvalue weighted by atomic mass is 79.9. The lowest BCUT2D eigenvalue weighted by molar-refractivity contribution is -0.134. The monoisotopic (exact) mass is 424 g/mol. The van der Waals surface area contributed by atoms with Crippen molar-refractivity contribution < 1.29 is 14.3 Å². The highest BCUT2D eigenvalue weighted by molar-refractivity contribution is 9.10. The smallest absolute Gasteiger partial charge is 0.311 e. The zero-order valence-corrected chi connectivity index (χ0v) is 17.0. The van der Waals surface area contributed by atoms with E-state index < -0.39 is 0 Å². The van der Waals surface area contributed by atoms with Crippen LogP contribution in [0.2, 0.25) is 5.02 Å². The quantitative estimate of drug-likeness (QED) is 0.308. The van der Waals surface area contributed by atoms with Gasteiger partial charge in [-0.15, -0.1) is 0 Å². The fourth-order valence-electron chi connectivity index (χ4n) is 2.38. The van der Waals surface area contributed by atoms with Gasteiger partial charge in [0, 0.05) is 11.4 Å². The van der Waals surface area contributed by atoms with Crippen LogP contribution in [0.4, 0.5) is 0 Å². The first-order valence-corrected chi connectivity index (χ1v) is 9.47. The Hall–Kier alpha value is -1.52. The average Bonchev–Trinajstić information content (AvgIpc) is 2.61. The lowest BCUT2D eigenvalue weighted by Crippen LogP contribution is -2.10. The molecule has 134 valence electrons. The molecule has 0 heterocycles. The number of ether oxygens (including phenoxy) is 2. The van der Waals surface area contributed by atoms with E-state index in [0.29, 0.717) is 25.2 Å². The molecule has 25 heavy (non-hydrogen) atoms. The Kier molecular flexibility index (Phi) is 7.33. The normalized spacial score (nSPS) is 10.6. The third kappa shape index (κ3) is 5.48. The molecule has 0 atom stereocenters. The van der Waals surface area contributed by atoms with Crippen LogP contribution in [0.3, 0.4) is 0 Å². The summed E-state index contributed by atoms with van der Waals surface area (Å²) in [5.41, 5.74) is 3.13. The molecule has 3 nitrogen and oxygen atoms in total. The summed E-state index contributed by atoms with van der Waals surface area (Å²) in [4.78, 5) is 11.9. The van der Waals surface area contributed by atoms with Gasteiger partial charge in [-0.2, -0.15) is 0 Å². The van der Waals surface area contributed by atoms with Gasteiger partial charge in [-0.3, -0.25) is 4.79 Å². The molecule has 2 aromatic rings. The third-order valence-electron chi connectivity index (χ3n) is 3.91. The number of esters is 1. The third-order valence-corrected chi connectivity index (χ3v) is 5.48. The number of hydrogen-bond acceptors (Lipinski definition) is 3. The van der Waals surface area contributed by atoms with Crippen molar-refractivity contribution >= 4 is 33.5 Å². The maximum Gasteiger partial charge on any atom is 0.311 e. The molecule has 0 saturated carbocycles. The summed E-state index contributed by atoms with van der Waals surface area (Å²) in [7, 11) is 0. The van der Waals surface area contributed by atoms with Gasteiger partial charge < -0.3 is 9.47 Å². The second kappa shape index (κ2) is 9.25. The van der Waals surface area contributed by atoms with Crippen molar-refractivity contribution in [2.45, 2.75) is 40.0 Å². The molecule has 0 aromatic heterocycles. The van der Waals surface area contributed by atoms with E-state index in [1.54, 1.807) is 0 Å². The molecular weight excluding hydrogens is 404 g/mol. The predicted octanol–water partition coefficient (Wildman–Crippen LogP) is 6.05. The van der Waals surface area contributed by atoms with Crippen molar-refractivity contribution in [3.8, 4) is 11.5 Å². The number of halogens is 2. The van der Waals surface area contributed by atoms with Gasteiger partial charge in [0.2, 0.25) is 0 Å². The van der Waals surface area contributed by atoms with E-state index in [9.17, 15) is 4.79 Å². The van der Waals surface area contributed by atoms with Gasteiger partial charge >= 0.3 is 5.97 Å². The molecule has 0 aliphatic rings. The standard InChI is InChI=1S/C20H22BrClO3/c1-4-15-7-9-16(10-8-15)25-18(23)6-5-11-24-17-12-13(2)20(22)14(3)19(17)21/h7-10,12H,4-6,11H2,1-3H3. The van der Waals surface area contributed by atoms with Crippen LogP contribution < -0.4 is 9.47 Å². The van der Waals surface area contributed by atoms with Gasteiger partial charge in [-0.1, -0.05) is 30.7 Å². The van der Waals surface area contributed by atoms with Crippen molar-refractivity contribution in [1.29, 1.82) is 0 Å². The second-order valence-electron chi connectivity index (χ2n) is 5.87. The molecule has 0 unspecified atom stereocenters. The van der Waals surface area contributed by atoms with Gasteiger partial charge in [0.05, 0.1) is 11.1 Å². The number of carbonyl (C=O) groups is 1. The van der Waals surface area contributed by atoms with Crippen LogP contribution in [0.5, 0.6) is 11.5 Å². The van der Waals surface area contributed by atoms with Crippen LogP contribution in [-0.2, 0) is 11.2 Å². The van der Waals surface area contributed by atoms with Crippen molar-refractivity contribution in [3.05, 3.63) is 56.5 Å². The molecule has 2 rings (SSSR count). The minimum absolute atomic E-state index is 0.254. The average molecular weight is 426 g/mol. The van der Waals surface area contributed by atoms with E-state index in [0.717, 1.165) is 32.8 Å². The topological polar surface area (TPSA) is 35.5 Å². The first kappa shape index (κ1) is 19.8. The summed E-state index contributed by atoms with van der Waals surface area (Å²) < 4.78 is 11.9. The fraction of sp³-hybridized carbons (Fsp3) is 0.350. The van der Waals surface area contributed by atoms with Gasteiger partial charge in [0.1, 0.15) is 11.5 Å². The van der Waals surface area contributed by atoms with Crippen molar-refractivity contribution in [2.75, 3.05) is 6.61 Å². The first-order chi connectivity index (χ1) is 11.9. The molecular formula is C20H22BrClO3. The summed E-state index contributed by atoms with van der Waals surface area (Å²) in [6.07, 6.45) is 1.85. The summed E-state index contributed by atoms with van der Waals surface area (Å²) >= 11 is 9.71. The van der Waals surface area contributed by atoms with Gasteiger partial charge in [-0.25, -0.2) is 0 Å². The molecule has 0 saturated heterocycles. The van der Waals surface area contributed by atoms with Crippen LogP contribution in [0, 0.1) is 13.8 Å². The zero-order chi connectivity index (χ0) is 18.4. The molecule has 0 N–H and O–H groups in total. The summed E-state index contributed by atoms with van der Waals surface area (Å²) in [5.74, 6) is 1.06. The highest BCUT2D eigenvalue weighted by Crippen LogP contribution is 2.35. The Bertz CT molecular complexity index is 742. The highest BCUT2D eigenvalue weighted by Gasteiger charge is 2.11. The molecule has 0 amide bonds. The molecule has 0 radical (unpaired) electrons. The Morgan fingerprint density at radius 3 is 2.52 bits per heavy atom. The largest absolute Gasteiger partial charge is 0.492 e. The Morgan fingerprint density at radius 1 is 1.20 bits per heavy atom. The minimum Gasteiger partial charge on any atom is -0.492 e. The molecule has 2 aromatic carbocycles. The Morgan fingerprint density at radius 2 is 1.88 bits per heavy atom. The van der Waals surface area contributed by atoms with Crippen LogP contribution in [-0.4, -0.2) is 12.6 Å². The predicted molar refractivity (Wildman–Crippen MR) is 105 cm³/mol. The molecule has 5 heteroatoms. The van der Waals surface area contributed by atoms with E-state index >= 15 is 0 Å². The van der Waals surface area contributed by atoms with E-state index in [4.69, 9.17) is 21.1 Å². The van der Waals surface area contributed by atoms with Crippen molar-refractivity contribution in [3.63, 3.8) is 0 Å².